The lowest BCUT2D eigenvalue weighted by Crippen LogP contribution is -2.39. The van der Waals surface area contributed by atoms with E-state index in [0.29, 0.717) is 6.54 Å². The molecule has 0 aliphatic rings. The third kappa shape index (κ3) is 11.2. The lowest BCUT2D eigenvalue weighted by molar-refractivity contribution is 0.145. The molecule has 0 radical (unpaired) electrons. The van der Waals surface area contributed by atoms with Crippen LogP contribution < -0.4 is 10.6 Å². The van der Waals surface area contributed by atoms with E-state index >= 15 is 0 Å². The molecule has 1 aromatic heterocycles. The van der Waals surface area contributed by atoms with E-state index in [-0.39, 0.29) is 28.7 Å². The largest absolute Gasteiger partial charge is 0.382 e. The number of nitrogens with one attached hydrogen (secondary N) is 2. The minimum atomic E-state index is 0. The van der Waals surface area contributed by atoms with Gasteiger partial charge in [-0.3, -0.25) is 0 Å². The lowest BCUT2D eigenvalue weighted by atomic mass is 10.3. The molecule has 0 saturated heterocycles. The van der Waals surface area contributed by atoms with Gasteiger partial charge in [-0.25, -0.2) is 4.99 Å². The van der Waals surface area contributed by atoms with Gasteiger partial charge in [0.15, 0.2) is 11.8 Å². The Morgan fingerprint density at radius 2 is 1.92 bits per heavy atom. The van der Waals surface area contributed by atoms with Gasteiger partial charge in [0, 0.05) is 43.9 Å². The molecular formula is C17H35IN6OS. The molecule has 152 valence electrons. The third-order valence-electron chi connectivity index (χ3n) is 3.45. The van der Waals surface area contributed by atoms with Crippen LogP contribution in [0.3, 0.4) is 0 Å². The summed E-state index contributed by atoms with van der Waals surface area (Å²) in [5.74, 6) is 3.60. The summed E-state index contributed by atoms with van der Waals surface area (Å²) in [5, 5.41) is 15.0. The van der Waals surface area contributed by atoms with Crippen LogP contribution >= 0.6 is 35.7 Å². The first-order valence-electron chi connectivity index (χ1n) is 8.92. The predicted molar refractivity (Wildman–Crippen MR) is 122 cm³/mol. The molecule has 0 spiro atoms. The van der Waals surface area contributed by atoms with Crippen molar-refractivity contribution in [2.75, 3.05) is 32.1 Å². The van der Waals surface area contributed by atoms with Crippen molar-refractivity contribution in [2.45, 2.75) is 52.3 Å². The molecule has 2 N–H and O–H groups in total. The molecule has 0 amide bonds. The summed E-state index contributed by atoms with van der Waals surface area (Å²) in [6.07, 6.45) is 0.953. The highest BCUT2D eigenvalue weighted by Gasteiger charge is 2.10. The van der Waals surface area contributed by atoms with Crippen LogP contribution in [0, 0.1) is 6.92 Å². The van der Waals surface area contributed by atoms with Gasteiger partial charge in [-0.1, -0.05) is 20.8 Å². The summed E-state index contributed by atoms with van der Waals surface area (Å²) < 4.78 is 7.62. The normalized spacial score (nSPS) is 12.0. The molecule has 9 heteroatoms. The van der Waals surface area contributed by atoms with Crippen molar-refractivity contribution in [1.82, 2.24) is 25.4 Å². The molecule has 0 atom stereocenters. The number of aryl methyl sites for hydroxylation is 1. The number of aliphatic imine (C=N–C) groups is 1. The van der Waals surface area contributed by atoms with Crippen molar-refractivity contribution in [3.8, 4) is 0 Å². The van der Waals surface area contributed by atoms with Gasteiger partial charge in [0.25, 0.3) is 0 Å². The Kier molecular flexibility index (Phi) is 13.3. The zero-order valence-electron chi connectivity index (χ0n) is 17.0. The summed E-state index contributed by atoms with van der Waals surface area (Å²) >= 11 is 1.94. The molecule has 1 heterocycles. The van der Waals surface area contributed by atoms with E-state index in [4.69, 9.17) is 4.74 Å². The van der Waals surface area contributed by atoms with Crippen molar-refractivity contribution in [3.63, 3.8) is 0 Å². The molecular weight excluding hydrogens is 463 g/mol. The van der Waals surface area contributed by atoms with Crippen LogP contribution in [-0.4, -0.2) is 57.5 Å². The minimum absolute atomic E-state index is 0. The number of rotatable bonds is 10. The first kappa shape index (κ1) is 25.4. The van der Waals surface area contributed by atoms with Gasteiger partial charge in [-0.15, -0.1) is 34.2 Å². The number of guanidine groups is 1. The fourth-order valence-electron chi connectivity index (χ4n) is 1.96. The van der Waals surface area contributed by atoms with Crippen LogP contribution in [-0.2, 0) is 18.3 Å². The SMILES string of the molecule is CCOCCCNC(=NCc1nnc(C)n1C)NCCSC(C)(C)C.I. The van der Waals surface area contributed by atoms with Gasteiger partial charge in [-0.2, -0.15) is 11.8 Å². The lowest BCUT2D eigenvalue weighted by Gasteiger charge is -2.18. The van der Waals surface area contributed by atoms with Gasteiger partial charge < -0.3 is 19.9 Å². The molecule has 0 saturated carbocycles. The molecule has 1 rings (SSSR count). The second-order valence-electron chi connectivity index (χ2n) is 6.75. The number of halogens is 1. The van der Waals surface area contributed by atoms with Crippen molar-refractivity contribution in [2.24, 2.45) is 12.0 Å². The van der Waals surface area contributed by atoms with Crippen LogP contribution in [0.1, 0.15) is 45.8 Å². The number of thioether (sulfide) groups is 1. The van der Waals surface area contributed by atoms with E-state index in [1.54, 1.807) is 0 Å². The molecule has 0 aliphatic heterocycles. The maximum Gasteiger partial charge on any atom is 0.191 e. The van der Waals surface area contributed by atoms with Crippen LogP contribution in [0.4, 0.5) is 0 Å². The molecule has 0 aliphatic carbocycles. The molecule has 26 heavy (non-hydrogen) atoms. The van der Waals surface area contributed by atoms with E-state index < -0.39 is 0 Å². The Balaban J connectivity index is 0.00000625. The van der Waals surface area contributed by atoms with Crippen LogP contribution in [0.25, 0.3) is 0 Å². The van der Waals surface area contributed by atoms with Crippen LogP contribution in [0.5, 0.6) is 0 Å². The smallest absolute Gasteiger partial charge is 0.191 e. The third-order valence-corrected chi connectivity index (χ3v) is 4.73. The number of nitrogens with zero attached hydrogens (tertiary/aromatic N) is 4. The first-order chi connectivity index (χ1) is 11.8. The zero-order valence-corrected chi connectivity index (χ0v) is 20.1. The van der Waals surface area contributed by atoms with Crippen molar-refractivity contribution >= 4 is 41.7 Å². The predicted octanol–water partition coefficient (Wildman–Crippen LogP) is 2.74. The molecule has 0 bridgehead atoms. The second kappa shape index (κ2) is 13.6. The number of hydrogen-bond acceptors (Lipinski definition) is 5. The second-order valence-corrected chi connectivity index (χ2v) is 8.67. The van der Waals surface area contributed by atoms with Gasteiger partial charge in [0.05, 0.1) is 0 Å². The summed E-state index contributed by atoms with van der Waals surface area (Å²) in [7, 11) is 1.96. The molecule has 7 nitrogen and oxygen atoms in total. The van der Waals surface area contributed by atoms with Gasteiger partial charge >= 0.3 is 0 Å². The van der Waals surface area contributed by atoms with E-state index in [2.05, 4.69) is 46.6 Å². The molecule has 0 unspecified atom stereocenters. The highest BCUT2D eigenvalue weighted by atomic mass is 127. The maximum atomic E-state index is 5.37. The molecule has 0 fully saturated rings. The van der Waals surface area contributed by atoms with Gasteiger partial charge in [0.1, 0.15) is 12.4 Å². The van der Waals surface area contributed by atoms with E-state index in [1.807, 2.05) is 37.2 Å². The van der Waals surface area contributed by atoms with Crippen molar-refractivity contribution in [3.05, 3.63) is 11.6 Å². The Hall–Kier alpha value is -0.550. The van der Waals surface area contributed by atoms with Crippen molar-refractivity contribution < 1.29 is 4.74 Å². The van der Waals surface area contributed by atoms with E-state index in [1.165, 1.54) is 0 Å². The zero-order chi connectivity index (χ0) is 18.7. The Labute approximate surface area is 179 Å². The molecule has 1 aromatic rings. The van der Waals surface area contributed by atoms with E-state index in [9.17, 15) is 0 Å². The average molecular weight is 498 g/mol. The highest BCUT2D eigenvalue weighted by molar-refractivity contribution is 14.0. The average Bonchev–Trinajstić information content (AvgIpc) is 2.86. The fraction of sp³-hybridized carbons (Fsp3) is 0.824. The number of aromatic nitrogens is 3. The first-order valence-corrected chi connectivity index (χ1v) is 9.90. The number of hydrogen-bond donors (Lipinski definition) is 2. The quantitative estimate of drug-likeness (QED) is 0.224. The summed E-state index contributed by atoms with van der Waals surface area (Å²) in [6, 6.07) is 0. The fourth-order valence-corrected chi connectivity index (χ4v) is 2.78. The van der Waals surface area contributed by atoms with Crippen molar-refractivity contribution in [1.29, 1.82) is 0 Å². The van der Waals surface area contributed by atoms with Crippen LogP contribution in [0.15, 0.2) is 4.99 Å². The van der Waals surface area contributed by atoms with E-state index in [0.717, 1.165) is 56.1 Å². The van der Waals surface area contributed by atoms with Crippen LogP contribution in [0.2, 0.25) is 0 Å². The number of ether oxygens (including phenoxy) is 1. The summed E-state index contributed by atoms with van der Waals surface area (Å²) in [4.78, 5) is 4.64. The summed E-state index contributed by atoms with van der Waals surface area (Å²) in [6.45, 7) is 14.4. The maximum absolute atomic E-state index is 5.37. The molecule has 0 aromatic carbocycles. The van der Waals surface area contributed by atoms with Gasteiger partial charge in [0.2, 0.25) is 0 Å². The standard InChI is InChI=1S/C17H34N6OS.HI/c1-7-24-11-8-9-18-16(19-10-12-25-17(3,4)5)20-13-15-22-21-14(2)23(15)6;/h7-13H2,1-6H3,(H2,18,19,20);1H. The highest BCUT2D eigenvalue weighted by Crippen LogP contribution is 2.21. The Morgan fingerprint density at radius 3 is 2.50 bits per heavy atom. The Bertz CT molecular complexity index is 530. The Morgan fingerprint density at radius 1 is 1.23 bits per heavy atom. The van der Waals surface area contributed by atoms with Gasteiger partial charge in [-0.05, 0) is 20.3 Å². The monoisotopic (exact) mass is 498 g/mol. The summed E-state index contributed by atoms with van der Waals surface area (Å²) in [5.41, 5.74) is 0. The topological polar surface area (TPSA) is 76.4 Å². The minimum Gasteiger partial charge on any atom is -0.382 e.